The number of fused-ring (bicyclic) bond motifs is 1. The number of halogens is 1. The topological polar surface area (TPSA) is 0 Å². The van der Waals surface area contributed by atoms with Crippen molar-refractivity contribution in [2.24, 2.45) is 0 Å². The Morgan fingerprint density at radius 2 is 1.33 bits per heavy atom. The Balaban J connectivity index is 2.15. The van der Waals surface area contributed by atoms with Gasteiger partial charge in [0, 0.05) is 0 Å². The van der Waals surface area contributed by atoms with Crippen LogP contribution in [0.2, 0.25) is 0 Å². The average Bonchev–Trinajstić information content (AvgIpc) is 2.47. The molecule has 0 heterocycles. The first kappa shape index (κ1) is 11.7. The quantitative estimate of drug-likeness (QED) is 0.452. The first-order valence-electron chi connectivity index (χ1n) is 5.99. The number of hydrogen-bond acceptors (Lipinski definition) is 0. The van der Waals surface area contributed by atoms with Crippen LogP contribution in [0.5, 0.6) is 0 Å². The molecule has 0 N–H and O–H groups in total. The second kappa shape index (κ2) is 5.11. The van der Waals surface area contributed by atoms with E-state index in [0.29, 0.717) is 0 Å². The minimum atomic E-state index is -1.26. The van der Waals surface area contributed by atoms with Gasteiger partial charge in [0.2, 0.25) is 0 Å². The van der Waals surface area contributed by atoms with Crippen molar-refractivity contribution >= 4 is 30.6 Å². The third-order valence-electron chi connectivity index (χ3n) is 3.10. The zero-order chi connectivity index (χ0) is 12.4. The maximum atomic E-state index is 2.43. The zero-order valence-corrected chi connectivity index (χ0v) is 12.5. The molecule has 90 valence electrons. The molecule has 0 unspecified atom stereocenters. The van der Waals surface area contributed by atoms with Gasteiger partial charge < -0.3 is 0 Å². The fourth-order valence-corrected chi connectivity index (χ4v) is 6.43. The van der Waals surface area contributed by atoms with E-state index in [4.69, 9.17) is 0 Å². The van der Waals surface area contributed by atoms with Crippen LogP contribution in [-0.2, 0) is 0 Å². The van der Waals surface area contributed by atoms with Crippen molar-refractivity contribution in [1.29, 1.82) is 0 Å². The van der Waals surface area contributed by atoms with Crippen LogP contribution in [0.15, 0.2) is 72.8 Å². The van der Waals surface area contributed by atoms with E-state index in [0.717, 1.165) is 0 Å². The van der Waals surface area contributed by atoms with E-state index in [9.17, 15) is 0 Å². The van der Waals surface area contributed by atoms with Gasteiger partial charge in [0.15, 0.2) is 0 Å². The number of hydrogen-bond donors (Lipinski definition) is 0. The molecule has 0 aliphatic heterocycles. The van der Waals surface area contributed by atoms with Gasteiger partial charge in [-0.1, -0.05) is 0 Å². The Bertz CT molecular complexity index is 653. The van der Waals surface area contributed by atoms with Crippen molar-refractivity contribution in [2.75, 3.05) is 4.93 Å². The Kier molecular flexibility index (Phi) is 3.33. The summed E-state index contributed by atoms with van der Waals surface area (Å²) in [7, 11) is 0. The van der Waals surface area contributed by atoms with Crippen LogP contribution >= 0.6 is 19.8 Å². The summed E-state index contributed by atoms with van der Waals surface area (Å²) in [5, 5.41) is 2.78. The first-order valence-corrected chi connectivity index (χ1v) is 10.3. The standard InChI is InChI=1S/C17H15I/c1-18(15-10-3-2-4-11-15)17-13-7-9-14-8-5-6-12-16(14)17/h2-13H,1H3. The molecule has 0 fully saturated rings. The van der Waals surface area contributed by atoms with Gasteiger partial charge in [-0.2, -0.15) is 0 Å². The normalized spacial score (nSPS) is 11.5. The second-order valence-corrected chi connectivity index (χ2v) is 9.33. The molecule has 0 amide bonds. The summed E-state index contributed by atoms with van der Waals surface area (Å²) in [4.78, 5) is 2.43. The second-order valence-electron chi connectivity index (χ2n) is 4.23. The summed E-state index contributed by atoms with van der Waals surface area (Å²) in [5.74, 6) is 0. The molecule has 0 aromatic heterocycles. The predicted octanol–water partition coefficient (Wildman–Crippen LogP) is 5.02. The van der Waals surface area contributed by atoms with E-state index in [-0.39, 0.29) is 0 Å². The molecule has 0 atom stereocenters. The van der Waals surface area contributed by atoms with Gasteiger partial charge in [0.1, 0.15) is 0 Å². The Morgan fingerprint density at radius 3 is 2.17 bits per heavy atom. The Labute approximate surface area is 115 Å². The first-order chi connectivity index (χ1) is 8.86. The monoisotopic (exact) mass is 346 g/mol. The Morgan fingerprint density at radius 1 is 0.667 bits per heavy atom. The Hall–Kier alpha value is -1.35. The summed E-state index contributed by atoms with van der Waals surface area (Å²) in [6.45, 7) is 0. The third kappa shape index (κ3) is 2.15. The van der Waals surface area contributed by atoms with Crippen molar-refractivity contribution in [3.63, 3.8) is 0 Å². The van der Waals surface area contributed by atoms with E-state index >= 15 is 0 Å². The molecule has 0 saturated carbocycles. The fourth-order valence-electron chi connectivity index (χ4n) is 2.15. The van der Waals surface area contributed by atoms with Crippen LogP contribution in [0, 0.1) is 7.14 Å². The molecule has 0 saturated heterocycles. The number of benzene rings is 3. The SMILES string of the molecule is CI(c1ccccc1)c1cccc2ccccc12. The van der Waals surface area contributed by atoms with Crippen molar-refractivity contribution in [3.05, 3.63) is 79.9 Å². The van der Waals surface area contributed by atoms with Crippen molar-refractivity contribution < 1.29 is 0 Å². The molecule has 0 spiro atoms. The molecule has 3 aromatic rings. The molecular formula is C17H15I. The van der Waals surface area contributed by atoms with Gasteiger partial charge in [0.25, 0.3) is 0 Å². The van der Waals surface area contributed by atoms with Crippen LogP contribution in [0.25, 0.3) is 10.8 Å². The van der Waals surface area contributed by atoms with Crippen molar-refractivity contribution in [2.45, 2.75) is 0 Å². The zero-order valence-electron chi connectivity index (χ0n) is 10.3. The van der Waals surface area contributed by atoms with Crippen LogP contribution in [0.4, 0.5) is 0 Å². The minimum absolute atomic E-state index is 1.26. The summed E-state index contributed by atoms with van der Waals surface area (Å²) >= 11 is -1.26. The van der Waals surface area contributed by atoms with Gasteiger partial charge in [-0.15, -0.1) is 0 Å². The number of rotatable bonds is 2. The molecule has 0 aliphatic rings. The maximum absolute atomic E-state index is 2.43. The fraction of sp³-hybridized carbons (Fsp3) is 0.0588. The third-order valence-corrected chi connectivity index (χ3v) is 8.37. The molecule has 1 heteroatoms. The molecule has 0 bridgehead atoms. The van der Waals surface area contributed by atoms with Gasteiger partial charge in [-0.05, 0) is 0 Å². The molecule has 3 rings (SSSR count). The summed E-state index contributed by atoms with van der Waals surface area (Å²) in [6.07, 6.45) is 0. The summed E-state index contributed by atoms with van der Waals surface area (Å²) in [6, 6.07) is 26.3. The van der Waals surface area contributed by atoms with E-state index in [1.165, 1.54) is 14.3 Å². The van der Waals surface area contributed by atoms with Gasteiger partial charge in [-0.25, -0.2) is 0 Å². The number of alkyl halides is 1. The van der Waals surface area contributed by atoms with E-state index in [2.05, 4.69) is 77.7 Å². The predicted molar refractivity (Wildman–Crippen MR) is 87.7 cm³/mol. The van der Waals surface area contributed by atoms with Gasteiger partial charge >= 0.3 is 115 Å². The van der Waals surface area contributed by atoms with E-state index < -0.39 is 19.8 Å². The van der Waals surface area contributed by atoms with Gasteiger partial charge in [-0.3, -0.25) is 0 Å². The van der Waals surface area contributed by atoms with E-state index in [1.54, 1.807) is 3.57 Å². The molecule has 0 radical (unpaired) electrons. The average molecular weight is 346 g/mol. The molecule has 18 heavy (non-hydrogen) atoms. The molecule has 0 aliphatic carbocycles. The molecular weight excluding hydrogens is 331 g/mol. The summed E-state index contributed by atoms with van der Waals surface area (Å²) < 4.78 is 3.08. The molecule has 0 nitrogen and oxygen atoms in total. The van der Waals surface area contributed by atoms with Crippen LogP contribution in [0.3, 0.4) is 0 Å². The van der Waals surface area contributed by atoms with Crippen molar-refractivity contribution in [3.8, 4) is 0 Å². The van der Waals surface area contributed by atoms with Crippen molar-refractivity contribution in [1.82, 2.24) is 0 Å². The van der Waals surface area contributed by atoms with Crippen LogP contribution in [-0.4, -0.2) is 4.93 Å². The van der Waals surface area contributed by atoms with Crippen LogP contribution < -0.4 is 0 Å². The van der Waals surface area contributed by atoms with E-state index in [1.807, 2.05) is 0 Å². The molecule has 3 aromatic carbocycles. The van der Waals surface area contributed by atoms with Gasteiger partial charge in [0.05, 0.1) is 0 Å². The summed E-state index contributed by atoms with van der Waals surface area (Å²) in [5.41, 5.74) is 0. The van der Waals surface area contributed by atoms with Crippen LogP contribution in [0.1, 0.15) is 0 Å².